The number of anilines is 1. The Balaban J connectivity index is 2.06. The van der Waals surface area contributed by atoms with Crippen LogP contribution in [-0.2, 0) is 6.18 Å². The number of hydrogen-bond acceptors (Lipinski definition) is 2. The number of alkyl halides is 3. The van der Waals surface area contributed by atoms with Crippen LogP contribution in [0.4, 0.5) is 18.9 Å². The summed E-state index contributed by atoms with van der Waals surface area (Å²) < 4.78 is 39.6. The number of rotatable bonds is 1. The Hall–Kier alpha value is -2.50. The lowest BCUT2D eigenvalue weighted by Gasteiger charge is -2.31. The van der Waals surface area contributed by atoms with Gasteiger partial charge in [-0.3, -0.25) is 4.99 Å². The van der Waals surface area contributed by atoms with E-state index in [0.29, 0.717) is 5.84 Å². The summed E-state index contributed by atoms with van der Waals surface area (Å²) >= 11 is 0. The maximum Gasteiger partial charge on any atom is 0.416 e. The maximum atomic E-state index is 13.2. The molecule has 2 N–H and O–H groups in total. The molecule has 0 aromatic heterocycles. The molecule has 0 radical (unpaired) electrons. The highest BCUT2D eigenvalue weighted by molar-refractivity contribution is 6.05. The summed E-state index contributed by atoms with van der Waals surface area (Å²) in [5, 5.41) is 6.13. The van der Waals surface area contributed by atoms with Gasteiger partial charge in [0.15, 0.2) is 0 Å². The highest BCUT2D eigenvalue weighted by Gasteiger charge is 2.36. The van der Waals surface area contributed by atoms with Crippen molar-refractivity contribution >= 4 is 11.5 Å². The highest BCUT2D eigenvalue weighted by atomic mass is 19.4. The van der Waals surface area contributed by atoms with Gasteiger partial charge in [0, 0.05) is 23.9 Å². The molecule has 0 amide bonds. The molecule has 0 spiro atoms. The van der Waals surface area contributed by atoms with E-state index < -0.39 is 17.9 Å². The summed E-state index contributed by atoms with van der Waals surface area (Å²) in [6.45, 7) is 0. The number of fused-ring (bicyclic) bond motifs is 1. The van der Waals surface area contributed by atoms with Gasteiger partial charge in [-0.1, -0.05) is 30.3 Å². The lowest BCUT2D eigenvalue weighted by molar-refractivity contribution is -0.138. The van der Waals surface area contributed by atoms with Crippen LogP contribution in [0.15, 0.2) is 53.5 Å². The van der Waals surface area contributed by atoms with E-state index in [2.05, 4.69) is 15.6 Å². The first-order valence-corrected chi connectivity index (χ1v) is 6.76. The monoisotopic (exact) mass is 305 g/mol. The summed E-state index contributed by atoms with van der Waals surface area (Å²) in [6, 6.07) is 12.9. The van der Waals surface area contributed by atoms with Crippen LogP contribution in [0.5, 0.6) is 0 Å². The van der Waals surface area contributed by atoms with Gasteiger partial charge in [-0.25, -0.2) is 0 Å². The molecule has 1 unspecified atom stereocenters. The number of nitrogens with zero attached hydrogens (tertiary/aromatic N) is 1. The molecular formula is C16H14F3N3. The molecule has 3 nitrogen and oxygen atoms in total. The van der Waals surface area contributed by atoms with Gasteiger partial charge >= 0.3 is 6.18 Å². The molecule has 0 fully saturated rings. The topological polar surface area (TPSA) is 36.4 Å². The number of para-hydroxylation sites is 1. The number of halogens is 3. The number of amidine groups is 1. The predicted molar refractivity (Wildman–Crippen MR) is 79.8 cm³/mol. The Labute approximate surface area is 125 Å². The third kappa shape index (κ3) is 2.52. The molecule has 6 heteroatoms. The van der Waals surface area contributed by atoms with Crippen molar-refractivity contribution in [3.8, 4) is 0 Å². The zero-order chi connectivity index (χ0) is 15.7. The van der Waals surface area contributed by atoms with Crippen molar-refractivity contribution < 1.29 is 13.2 Å². The number of aliphatic imine (C=N–C) groups is 1. The average Bonchev–Trinajstić information content (AvgIpc) is 2.53. The summed E-state index contributed by atoms with van der Waals surface area (Å²) in [7, 11) is 1.61. The van der Waals surface area contributed by atoms with Crippen molar-refractivity contribution in [2.75, 3.05) is 12.4 Å². The van der Waals surface area contributed by atoms with Crippen LogP contribution in [0.1, 0.15) is 22.9 Å². The Bertz CT molecular complexity index is 723. The zero-order valence-electron chi connectivity index (χ0n) is 11.8. The van der Waals surface area contributed by atoms with Gasteiger partial charge in [0.25, 0.3) is 0 Å². The normalized spacial score (nSPS) is 19.3. The molecule has 2 aromatic carbocycles. The van der Waals surface area contributed by atoms with E-state index in [4.69, 9.17) is 0 Å². The van der Waals surface area contributed by atoms with E-state index >= 15 is 0 Å². The number of nitrogens with one attached hydrogen (secondary N) is 2. The van der Waals surface area contributed by atoms with Crippen molar-refractivity contribution in [3.05, 3.63) is 65.2 Å². The number of benzene rings is 2. The molecule has 0 aliphatic carbocycles. The Kier molecular flexibility index (Phi) is 3.52. The van der Waals surface area contributed by atoms with E-state index in [0.717, 1.165) is 17.3 Å². The van der Waals surface area contributed by atoms with E-state index in [1.807, 2.05) is 24.3 Å². The fourth-order valence-corrected chi connectivity index (χ4v) is 2.57. The van der Waals surface area contributed by atoms with E-state index in [9.17, 15) is 13.2 Å². The van der Waals surface area contributed by atoms with Crippen molar-refractivity contribution in [1.82, 2.24) is 5.32 Å². The first-order chi connectivity index (χ1) is 10.5. The average molecular weight is 305 g/mol. The summed E-state index contributed by atoms with van der Waals surface area (Å²) in [5.74, 6) is 0.566. The maximum absolute atomic E-state index is 13.2. The first kappa shape index (κ1) is 14.4. The highest BCUT2D eigenvalue weighted by Crippen LogP contribution is 2.36. The smallest absolute Gasteiger partial charge is 0.361 e. The van der Waals surface area contributed by atoms with Crippen LogP contribution in [0.3, 0.4) is 0 Å². The third-order valence-corrected chi connectivity index (χ3v) is 3.56. The summed E-state index contributed by atoms with van der Waals surface area (Å²) in [6.07, 6.45) is -5.09. The molecular weight excluding hydrogens is 291 g/mol. The van der Waals surface area contributed by atoms with Crippen LogP contribution < -0.4 is 10.6 Å². The molecule has 22 heavy (non-hydrogen) atoms. The van der Waals surface area contributed by atoms with Crippen LogP contribution in [0.2, 0.25) is 0 Å². The largest absolute Gasteiger partial charge is 0.416 e. The predicted octanol–water partition coefficient (Wildman–Crippen LogP) is 3.80. The molecule has 3 rings (SSSR count). The van der Waals surface area contributed by atoms with Crippen molar-refractivity contribution in [3.63, 3.8) is 0 Å². The van der Waals surface area contributed by atoms with Gasteiger partial charge < -0.3 is 10.6 Å². The lowest BCUT2D eigenvalue weighted by atomic mass is 10.0. The molecule has 0 bridgehead atoms. The van der Waals surface area contributed by atoms with Gasteiger partial charge in [-0.05, 0) is 18.2 Å². The molecule has 0 saturated heterocycles. The van der Waals surface area contributed by atoms with E-state index in [1.54, 1.807) is 13.1 Å². The van der Waals surface area contributed by atoms with Crippen LogP contribution in [0.25, 0.3) is 0 Å². The second-order valence-corrected chi connectivity index (χ2v) is 4.92. The molecule has 1 heterocycles. The zero-order valence-corrected chi connectivity index (χ0v) is 11.8. The van der Waals surface area contributed by atoms with Gasteiger partial charge in [0.1, 0.15) is 12.0 Å². The first-order valence-electron chi connectivity index (χ1n) is 6.76. The fourth-order valence-electron chi connectivity index (χ4n) is 2.57. The van der Waals surface area contributed by atoms with Gasteiger partial charge in [-0.2, -0.15) is 13.2 Å². The van der Waals surface area contributed by atoms with Crippen molar-refractivity contribution in [2.45, 2.75) is 12.3 Å². The molecule has 1 atom stereocenters. The van der Waals surface area contributed by atoms with Crippen LogP contribution >= 0.6 is 0 Å². The Morgan fingerprint density at radius 2 is 1.64 bits per heavy atom. The lowest BCUT2D eigenvalue weighted by Crippen LogP contribution is -2.39. The van der Waals surface area contributed by atoms with Crippen molar-refractivity contribution in [2.24, 2.45) is 4.99 Å². The SMILES string of the molecule is CN=C1NC(c2ccccc2C(F)(F)F)Nc2ccccc21. The summed E-state index contributed by atoms with van der Waals surface area (Å²) in [5.41, 5.74) is 1.08. The Morgan fingerprint density at radius 3 is 2.36 bits per heavy atom. The fraction of sp³-hybridized carbons (Fsp3) is 0.188. The van der Waals surface area contributed by atoms with Crippen molar-refractivity contribution in [1.29, 1.82) is 0 Å². The van der Waals surface area contributed by atoms with E-state index in [-0.39, 0.29) is 5.56 Å². The molecule has 1 aliphatic rings. The van der Waals surface area contributed by atoms with Gasteiger partial charge in [0.05, 0.1) is 5.56 Å². The minimum absolute atomic E-state index is 0.144. The number of hydrogen-bond donors (Lipinski definition) is 2. The molecule has 2 aromatic rings. The minimum atomic E-state index is -4.40. The third-order valence-electron chi connectivity index (χ3n) is 3.56. The van der Waals surface area contributed by atoms with Crippen LogP contribution in [0, 0.1) is 0 Å². The second-order valence-electron chi connectivity index (χ2n) is 4.92. The molecule has 114 valence electrons. The van der Waals surface area contributed by atoms with Gasteiger partial charge in [-0.15, -0.1) is 0 Å². The molecule has 0 saturated carbocycles. The summed E-state index contributed by atoms with van der Waals surface area (Å²) in [4.78, 5) is 4.14. The van der Waals surface area contributed by atoms with Gasteiger partial charge in [0.2, 0.25) is 0 Å². The van der Waals surface area contributed by atoms with E-state index in [1.165, 1.54) is 12.1 Å². The Morgan fingerprint density at radius 1 is 0.955 bits per heavy atom. The van der Waals surface area contributed by atoms with Crippen LogP contribution in [-0.4, -0.2) is 12.9 Å². The quantitative estimate of drug-likeness (QED) is 0.841. The second kappa shape index (κ2) is 5.36. The molecule has 1 aliphatic heterocycles. The standard InChI is InChI=1S/C16H14F3N3/c1-20-14-11-7-3-5-9-13(11)21-15(22-14)10-6-2-4-8-12(10)16(17,18)19/h2-9,15,21H,1H3,(H,20,22). The minimum Gasteiger partial charge on any atom is -0.361 e.